The van der Waals surface area contributed by atoms with Gasteiger partial charge >= 0.3 is 5.69 Å². The normalized spacial score (nSPS) is 16.0. The predicted molar refractivity (Wildman–Crippen MR) is 144 cm³/mol. The molecule has 0 radical (unpaired) electrons. The van der Waals surface area contributed by atoms with Crippen LogP contribution in [0.5, 0.6) is 0 Å². The van der Waals surface area contributed by atoms with Gasteiger partial charge in [0.15, 0.2) is 11.5 Å². The molecule has 0 bridgehead atoms. The molecule has 9 nitrogen and oxygen atoms in total. The van der Waals surface area contributed by atoms with Crippen molar-refractivity contribution >= 4 is 32.9 Å². The average Bonchev–Trinajstić information content (AvgIpc) is 3.51. The number of benzene rings is 1. The van der Waals surface area contributed by atoms with Crippen LogP contribution < -0.4 is 0 Å². The minimum Gasteiger partial charge on any atom is -0.258 e. The van der Waals surface area contributed by atoms with Gasteiger partial charge < -0.3 is 0 Å². The second-order valence-corrected chi connectivity index (χ2v) is 12.1. The topological polar surface area (TPSA) is 104 Å². The molecule has 4 heterocycles. The summed E-state index contributed by atoms with van der Waals surface area (Å²) in [5.74, 6) is 1.28. The van der Waals surface area contributed by atoms with E-state index in [9.17, 15) is 10.1 Å². The minimum atomic E-state index is -0.368. The number of nitrogens with zero attached hydrogens (tertiary/aromatic N) is 7. The van der Waals surface area contributed by atoms with Crippen molar-refractivity contribution in [1.82, 2.24) is 29.4 Å². The SMILES string of the molecule is Cc1nn(Cc2ccccc2-c2nc3c4c5c(sc4ncn3n2)CC(C(C)(C)C)CC5)c(C)c1[N+](=O)[O-]. The second-order valence-electron chi connectivity index (χ2n) is 11.0. The molecule has 0 fully saturated rings. The summed E-state index contributed by atoms with van der Waals surface area (Å²) < 4.78 is 3.47. The standard InChI is InChI=1S/C27H29N7O2S/c1-15-23(34(35)36)16(2)32(30-15)13-17-8-6-7-9-19(17)24-29-25-22-20-11-10-18(27(3,4)5)12-21(20)37-26(22)28-14-33(25)31-24/h6-9,14,18H,10-13H2,1-5H3. The highest BCUT2D eigenvalue weighted by molar-refractivity contribution is 7.19. The molecule has 0 amide bonds. The molecule has 0 N–H and O–H groups in total. The molecule has 1 aromatic carbocycles. The third kappa shape index (κ3) is 3.90. The smallest absolute Gasteiger partial charge is 0.258 e. The van der Waals surface area contributed by atoms with Crippen LogP contribution in [0.2, 0.25) is 0 Å². The summed E-state index contributed by atoms with van der Waals surface area (Å²) >= 11 is 1.79. The van der Waals surface area contributed by atoms with Gasteiger partial charge in [0, 0.05) is 10.4 Å². The molecule has 1 unspecified atom stereocenters. The summed E-state index contributed by atoms with van der Waals surface area (Å²) in [6, 6.07) is 7.90. The number of fused-ring (bicyclic) bond motifs is 5. The lowest BCUT2D eigenvalue weighted by Crippen LogP contribution is -2.26. The molecule has 0 aliphatic heterocycles. The molecule has 0 saturated carbocycles. The van der Waals surface area contributed by atoms with Crippen molar-refractivity contribution in [2.75, 3.05) is 0 Å². The van der Waals surface area contributed by atoms with Crippen molar-refractivity contribution in [3.05, 3.63) is 68.1 Å². The lowest BCUT2D eigenvalue weighted by molar-refractivity contribution is -0.386. The fourth-order valence-corrected chi connectivity index (χ4v) is 6.83. The van der Waals surface area contributed by atoms with Crippen LogP contribution in [0.15, 0.2) is 30.6 Å². The third-order valence-corrected chi connectivity index (χ3v) is 8.88. The Morgan fingerprint density at radius 2 is 1.97 bits per heavy atom. The third-order valence-electron chi connectivity index (χ3n) is 7.71. The lowest BCUT2D eigenvalue weighted by Gasteiger charge is -2.33. The summed E-state index contributed by atoms with van der Waals surface area (Å²) in [4.78, 5) is 23.3. The van der Waals surface area contributed by atoms with Gasteiger partial charge in [-0.1, -0.05) is 45.0 Å². The summed E-state index contributed by atoms with van der Waals surface area (Å²) in [7, 11) is 0. The number of hydrogen-bond acceptors (Lipinski definition) is 7. The highest BCUT2D eigenvalue weighted by Gasteiger charge is 2.32. The molecule has 0 saturated heterocycles. The zero-order valence-electron chi connectivity index (χ0n) is 21.6. The van der Waals surface area contributed by atoms with Gasteiger partial charge in [0.1, 0.15) is 22.5 Å². The molecule has 1 aliphatic carbocycles. The van der Waals surface area contributed by atoms with Gasteiger partial charge in [-0.25, -0.2) is 14.5 Å². The van der Waals surface area contributed by atoms with Crippen LogP contribution in [0.1, 0.15) is 54.6 Å². The Labute approximate surface area is 218 Å². The van der Waals surface area contributed by atoms with Gasteiger partial charge in [0.2, 0.25) is 0 Å². The van der Waals surface area contributed by atoms with Crippen molar-refractivity contribution in [2.24, 2.45) is 11.3 Å². The number of aryl methyl sites for hydroxylation is 2. The van der Waals surface area contributed by atoms with E-state index >= 15 is 0 Å². The van der Waals surface area contributed by atoms with E-state index in [1.165, 1.54) is 16.9 Å². The fourth-order valence-electron chi connectivity index (χ4n) is 5.57. The number of rotatable bonds is 4. The molecular weight excluding hydrogens is 486 g/mol. The van der Waals surface area contributed by atoms with E-state index in [1.807, 2.05) is 24.3 Å². The maximum absolute atomic E-state index is 11.5. The Hall–Kier alpha value is -3.66. The van der Waals surface area contributed by atoms with Crippen LogP contribution in [0, 0.1) is 35.3 Å². The molecule has 37 heavy (non-hydrogen) atoms. The van der Waals surface area contributed by atoms with Crippen LogP contribution in [0.25, 0.3) is 27.3 Å². The van der Waals surface area contributed by atoms with Gasteiger partial charge in [-0.05, 0) is 55.6 Å². The highest BCUT2D eigenvalue weighted by Crippen LogP contribution is 2.43. The van der Waals surface area contributed by atoms with E-state index in [0.717, 1.165) is 39.8 Å². The minimum absolute atomic E-state index is 0.0627. The van der Waals surface area contributed by atoms with E-state index in [2.05, 4.69) is 25.9 Å². The average molecular weight is 516 g/mol. The van der Waals surface area contributed by atoms with Gasteiger partial charge in [-0.3, -0.25) is 14.8 Å². The molecule has 6 rings (SSSR count). The fraction of sp³-hybridized carbons (Fsp3) is 0.407. The lowest BCUT2D eigenvalue weighted by atomic mass is 9.72. The quantitative estimate of drug-likeness (QED) is 0.217. The van der Waals surface area contributed by atoms with Crippen LogP contribution in [-0.4, -0.2) is 34.3 Å². The van der Waals surface area contributed by atoms with E-state index in [4.69, 9.17) is 15.1 Å². The highest BCUT2D eigenvalue weighted by atomic mass is 32.1. The molecule has 190 valence electrons. The maximum atomic E-state index is 11.5. The Morgan fingerprint density at radius 3 is 2.70 bits per heavy atom. The zero-order valence-corrected chi connectivity index (χ0v) is 22.5. The number of thiophene rings is 1. The van der Waals surface area contributed by atoms with E-state index in [0.29, 0.717) is 29.7 Å². The number of nitro groups is 1. The van der Waals surface area contributed by atoms with Crippen molar-refractivity contribution in [3.8, 4) is 11.4 Å². The van der Waals surface area contributed by atoms with Gasteiger partial charge in [0.25, 0.3) is 0 Å². The summed E-state index contributed by atoms with van der Waals surface area (Å²) in [6.45, 7) is 10.8. The number of hydrogen-bond donors (Lipinski definition) is 0. The first-order valence-electron chi connectivity index (χ1n) is 12.5. The second kappa shape index (κ2) is 8.44. The summed E-state index contributed by atoms with van der Waals surface area (Å²) in [5, 5.41) is 21.8. The van der Waals surface area contributed by atoms with E-state index in [-0.39, 0.29) is 16.0 Å². The first kappa shape index (κ1) is 23.7. The molecule has 10 heteroatoms. The van der Waals surface area contributed by atoms with Crippen molar-refractivity contribution in [2.45, 2.75) is 60.4 Å². The monoisotopic (exact) mass is 515 g/mol. The molecular formula is C27H29N7O2S. The Kier molecular flexibility index (Phi) is 5.41. The van der Waals surface area contributed by atoms with Gasteiger partial charge in [0.05, 0.1) is 16.9 Å². The molecule has 0 spiro atoms. The van der Waals surface area contributed by atoms with E-state index < -0.39 is 0 Å². The van der Waals surface area contributed by atoms with Crippen molar-refractivity contribution in [3.63, 3.8) is 0 Å². The van der Waals surface area contributed by atoms with Crippen LogP contribution in [0.3, 0.4) is 0 Å². The van der Waals surface area contributed by atoms with Crippen molar-refractivity contribution < 1.29 is 4.92 Å². The Balaban J connectivity index is 1.42. The summed E-state index contributed by atoms with van der Waals surface area (Å²) in [5.41, 5.74) is 5.33. The Morgan fingerprint density at radius 1 is 1.19 bits per heavy atom. The first-order valence-corrected chi connectivity index (χ1v) is 13.4. The van der Waals surface area contributed by atoms with Gasteiger partial charge in [-0.15, -0.1) is 16.4 Å². The zero-order chi connectivity index (χ0) is 26.1. The molecule has 5 aromatic rings. The maximum Gasteiger partial charge on any atom is 0.312 e. The first-order chi connectivity index (χ1) is 17.6. The summed E-state index contributed by atoms with van der Waals surface area (Å²) in [6.07, 6.45) is 5.05. The van der Waals surface area contributed by atoms with Crippen molar-refractivity contribution in [1.29, 1.82) is 0 Å². The predicted octanol–water partition coefficient (Wildman–Crippen LogP) is 5.93. The molecule has 1 aliphatic rings. The largest absolute Gasteiger partial charge is 0.312 e. The van der Waals surface area contributed by atoms with Gasteiger partial charge in [-0.2, -0.15) is 5.10 Å². The molecule has 1 atom stereocenters. The van der Waals surface area contributed by atoms with Crippen LogP contribution in [-0.2, 0) is 19.4 Å². The number of aromatic nitrogens is 6. The molecule has 4 aromatic heterocycles. The van der Waals surface area contributed by atoms with Crippen LogP contribution >= 0.6 is 11.3 Å². The van der Waals surface area contributed by atoms with Crippen LogP contribution in [0.4, 0.5) is 5.69 Å². The van der Waals surface area contributed by atoms with E-state index in [1.54, 1.807) is 40.7 Å². The Bertz CT molecular complexity index is 1690.